The van der Waals surface area contributed by atoms with Crippen molar-refractivity contribution >= 4 is 10.5 Å². The number of hydrogen-bond acceptors (Lipinski definition) is 1. The van der Waals surface area contributed by atoms with Crippen molar-refractivity contribution in [3.05, 3.63) is 0 Å². The largest absolute Gasteiger partial charge is 0.427 e. The Kier molecular flexibility index (Phi) is 5.02. The van der Waals surface area contributed by atoms with Crippen molar-refractivity contribution in [2.45, 2.75) is 40.5 Å². The fourth-order valence-corrected chi connectivity index (χ4v) is 2.30. The van der Waals surface area contributed by atoms with E-state index < -0.39 is 0 Å². The predicted molar refractivity (Wildman–Crippen MR) is 53.7 cm³/mol. The van der Waals surface area contributed by atoms with Crippen LogP contribution < -0.4 is 0 Å². The van der Waals surface area contributed by atoms with Crippen LogP contribution in [-0.4, -0.2) is 17.1 Å². The van der Waals surface area contributed by atoms with Gasteiger partial charge in [0.2, 0.25) is 0 Å². The van der Waals surface area contributed by atoms with E-state index in [0.717, 1.165) is 23.0 Å². The maximum Gasteiger partial charge on any atom is 0.145 e. The Balaban J connectivity index is 4.20. The lowest BCUT2D eigenvalue weighted by Gasteiger charge is -2.35. The molecular weight excluding hydrogens is 152 g/mol. The van der Waals surface area contributed by atoms with Gasteiger partial charge >= 0.3 is 0 Å². The van der Waals surface area contributed by atoms with Crippen LogP contribution >= 0.6 is 0 Å². The average molecular weight is 174 g/mol. The van der Waals surface area contributed by atoms with Crippen LogP contribution in [0.4, 0.5) is 0 Å². The molecule has 1 nitrogen and oxygen atoms in total. The van der Waals surface area contributed by atoms with Crippen LogP contribution in [0.25, 0.3) is 0 Å². The highest BCUT2D eigenvalue weighted by atomic mass is 28.2. The highest BCUT2D eigenvalue weighted by molar-refractivity contribution is 5.97. The second-order valence-electron chi connectivity index (χ2n) is 3.66. The smallest absolute Gasteiger partial charge is 0.145 e. The molecule has 2 heteroatoms. The lowest BCUT2D eigenvalue weighted by atomic mass is 9.74. The van der Waals surface area contributed by atoms with Gasteiger partial charge in [0.15, 0.2) is 0 Å². The van der Waals surface area contributed by atoms with Gasteiger partial charge < -0.3 is 4.43 Å². The van der Waals surface area contributed by atoms with Gasteiger partial charge in [-0.3, -0.25) is 0 Å². The summed E-state index contributed by atoms with van der Waals surface area (Å²) in [6.45, 7) is 10.1. The molecule has 0 spiro atoms. The summed E-state index contributed by atoms with van der Waals surface area (Å²) in [7, 11) is 0.875. The normalized spacial score (nSPS) is 12.8. The number of hydrogen-bond donors (Lipinski definition) is 0. The third-order valence-electron chi connectivity index (χ3n) is 3.06. The van der Waals surface area contributed by atoms with E-state index >= 15 is 0 Å². The first kappa shape index (κ1) is 11.2. The van der Waals surface area contributed by atoms with E-state index in [9.17, 15) is 0 Å². The first-order chi connectivity index (χ1) is 5.13. The summed E-state index contributed by atoms with van der Waals surface area (Å²) in [5.74, 6) is 0.742. The summed E-state index contributed by atoms with van der Waals surface area (Å²) in [6.07, 6.45) is 2.48. The molecule has 0 radical (unpaired) electrons. The summed E-state index contributed by atoms with van der Waals surface area (Å²) < 4.78 is 5.39. The van der Waals surface area contributed by atoms with Crippen LogP contribution in [0.5, 0.6) is 0 Å². The molecule has 0 N–H and O–H groups in total. The van der Waals surface area contributed by atoms with Crippen LogP contribution in [0.1, 0.15) is 40.5 Å². The Morgan fingerprint density at radius 2 is 1.73 bits per heavy atom. The minimum Gasteiger partial charge on any atom is -0.427 e. The first-order valence-electron chi connectivity index (χ1n) is 4.62. The van der Waals surface area contributed by atoms with E-state index in [4.69, 9.17) is 4.43 Å². The zero-order chi connectivity index (χ0) is 8.91. The minimum atomic E-state index is 0.446. The second-order valence-corrected chi connectivity index (χ2v) is 4.23. The minimum absolute atomic E-state index is 0.446. The van der Waals surface area contributed by atoms with Crippen molar-refractivity contribution in [3.63, 3.8) is 0 Å². The van der Waals surface area contributed by atoms with Crippen LogP contribution in [0.2, 0.25) is 0 Å². The molecule has 0 aliphatic heterocycles. The van der Waals surface area contributed by atoms with E-state index in [1.807, 2.05) is 0 Å². The van der Waals surface area contributed by atoms with Gasteiger partial charge in [-0.1, -0.05) is 27.7 Å². The Labute approximate surface area is 74.1 Å². The summed E-state index contributed by atoms with van der Waals surface area (Å²) in [4.78, 5) is 0. The fourth-order valence-electron chi connectivity index (χ4n) is 1.72. The first-order valence-corrected chi connectivity index (χ1v) is 5.43. The van der Waals surface area contributed by atoms with Crippen molar-refractivity contribution < 1.29 is 4.43 Å². The molecule has 0 unspecified atom stereocenters. The van der Waals surface area contributed by atoms with Crippen molar-refractivity contribution in [2.24, 2.45) is 11.3 Å². The van der Waals surface area contributed by atoms with Gasteiger partial charge in [0.1, 0.15) is 10.5 Å². The van der Waals surface area contributed by atoms with Crippen molar-refractivity contribution in [3.8, 4) is 0 Å². The molecule has 11 heavy (non-hydrogen) atoms. The van der Waals surface area contributed by atoms with Gasteiger partial charge in [-0.2, -0.15) is 0 Å². The summed E-state index contributed by atoms with van der Waals surface area (Å²) in [6, 6.07) is 0. The molecule has 0 bridgehead atoms. The Bertz CT molecular complexity index is 97.7. The molecule has 68 valence electrons. The summed E-state index contributed by atoms with van der Waals surface area (Å²) in [5.41, 5.74) is 0.446. The van der Waals surface area contributed by atoms with Crippen molar-refractivity contribution in [2.75, 3.05) is 6.61 Å². The Morgan fingerprint density at radius 3 is 1.82 bits per heavy atom. The second kappa shape index (κ2) is 4.94. The maximum absolute atomic E-state index is 5.39. The monoisotopic (exact) mass is 174 g/mol. The predicted octanol–water partition coefficient (Wildman–Crippen LogP) is 1.75. The fraction of sp³-hybridized carbons (Fsp3) is 1.00. The third kappa shape index (κ3) is 2.60. The molecule has 0 saturated carbocycles. The zero-order valence-corrected chi connectivity index (χ0v) is 10.6. The molecule has 0 aromatic carbocycles. The lowest BCUT2D eigenvalue weighted by Crippen LogP contribution is -2.31. The highest BCUT2D eigenvalue weighted by Crippen LogP contribution is 2.34. The van der Waals surface area contributed by atoms with Crippen molar-refractivity contribution in [1.82, 2.24) is 0 Å². The molecule has 0 aromatic heterocycles. The van der Waals surface area contributed by atoms with Gasteiger partial charge in [0.25, 0.3) is 0 Å². The number of rotatable bonds is 5. The van der Waals surface area contributed by atoms with E-state index in [2.05, 4.69) is 27.7 Å². The molecule has 0 aliphatic carbocycles. The van der Waals surface area contributed by atoms with Crippen LogP contribution in [-0.2, 0) is 4.43 Å². The van der Waals surface area contributed by atoms with Gasteiger partial charge in [-0.05, 0) is 24.2 Å². The van der Waals surface area contributed by atoms with E-state index in [0.29, 0.717) is 5.41 Å². The molecule has 0 atom stereocenters. The van der Waals surface area contributed by atoms with Gasteiger partial charge in [-0.15, -0.1) is 0 Å². The van der Waals surface area contributed by atoms with Gasteiger partial charge in [0, 0.05) is 6.61 Å². The SMILES string of the molecule is CCC(CC)(CO[SiH3])C(C)C. The quantitative estimate of drug-likeness (QED) is 0.577. The van der Waals surface area contributed by atoms with E-state index in [1.54, 1.807) is 0 Å². The van der Waals surface area contributed by atoms with Crippen LogP contribution in [0.15, 0.2) is 0 Å². The van der Waals surface area contributed by atoms with E-state index in [-0.39, 0.29) is 0 Å². The van der Waals surface area contributed by atoms with E-state index in [1.165, 1.54) is 12.8 Å². The average Bonchev–Trinajstić information content (AvgIpc) is 2.00. The molecule has 0 amide bonds. The molecule has 0 aliphatic rings. The van der Waals surface area contributed by atoms with Crippen LogP contribution in [0, 0.1) is 11.3 Å². The lowest BCUT2D eigenvalue weighted by molar-refractivity contribution is 0.0876. The van der Waals surface area contributed by atoms with Crippen molar-refractivity contribution in [1.29, 1.82) is 0 Å². The van der Waals surface area contributed by atoms with Gasteiger partial charge in [0.05, 0.1) is 0 Å². The summed E-state index contributed by atoms with van der Waals surface area (Å²) >= 11 is 0. The molecule has 0 rings (SSSR count). The molecule has 0 saturated heterocycles. The highest BCUT2D eigenvalue weighted by Gasteiger charge is 2.29. The van der Waals surface area contributed by atoms with Gasteiger partial charge in [-0.25, -0.2) is 0 Å². The molecule has 0 fully saturated rings. The molecule has 0 aromatic rings. The topological polar surface area (TPSA) is 9.23 Å². The molecule has 0 heterocycles. The maximum atomic E-state index is 5.39. The zero-order valence-electron chi connectivity index (χ0n) is 8.61. The summed E-state index contributed by atoms with van der Waals surface area (Å²) in [5, 5.41) is 0. The standard InChI is InChI=1S/C9H22OSi/c1-5-9(6-2,7-10-11)8(3)4/h8H,5-7H2,1-4,11H3. The Morgan fingerprint density at radius 1 is 1.27 bits per heavy atom. The third-order valence-corrected chi connectivity index (χ3v) is 3.35. The van der Waals surface area contributed by atoms with Crippen LogP contribution in [0.3, 0.4) is 0 Å². The Hall–Kier alpha value is 0.177. The molecular formula is C9H22OSi.